The molecule has 1 N–H and O–H groups in total. The summed E-state index contributed by atoms with van der Waals surface area (Å²) in [7, 11) is 0. The van der Waals surface area contributed by atoms with Gasteiger partial charge in [-0.25, -0.2) is 4.79 Å². The van der Waals surface area contributed by atoms with Crippen molar-refractivity contribution in [2.75, 3.05) is 0 Å². The van der Waals surface area contributed by atoms with E-state index in [1.807, 2.05) is 25.7 Å². The van der Waals surface area contributed by atoms with Crippen LogP contribution in [0.4, 0.5) is 4.79 Å². The van der Waals surface area contributed by atoms with Crippen LogP contribution in [0.3, 0.4) is 0 Å². The minimum absolute atomic E-state index is 0.160. The molecule has 2 aliphatic heterocycles. The van der Waals surface area contributed by atoms with Gasteiger partial charge in [0, 0.05) is 12.1 Å². The van der Waals surface area contributed by atoms with Crippen molar-refractivity contribution in [3.8, 4) is 0 Å². The summed E-state index contributed by atoms with van der Waals surface area (Å²) >= 11 is 0. The fraction of sp³-hybridized carbons (Fsp3) is 0.944. The minimum Gasteiger partial charge on any atom is -0.444 e. The van der Waals surface area contributed by atoms with Crippen molar-refractivity contribution in [2.24, 2.45) is 5.92 Å². The van der Waals surface area contributed by atoms with Crippen LogP contribution in [-0.2, 0) is 4.74 Å². The molecule has 1 saturated carbocycles. The third-order valence-corrected chi connectivity index (χ3v) is 5.76. The first-order chi connectivity index (χ1) is 10.3. The van der Waals surface area contributed by atoms with Gasteiger partial charge in [-0.3, -0.25) is 0 Å². The van der Waals surface area contributed by atoms with Crippen molar-refractivity contribution in [3.05, 3.63) is 0 Å². The van der Waals surface area contributed by atoms with Crippen molar-refractivity contribution in [2.45, 2.75) is 102 Å². The van der Waals surface area contributed by atoms with Crippen molar-refractivity contribution < 1.29 is 14.6 Å². The summed E-state index contributed by atoms with van der Waals surface area (Å²) in [5, 5.41) is 11.2. The lowest BCUT2D eigenvalue weighted by Gasteiger charge is -2.53. The lowest BCUT2D eigenvalue weighted by Crippen LogP contribution is -2.62. The first kappa shape index (κ1) is 16.1. The van der Waals surface area contributed by atoms with Crippen LogP contribution in [0.5, 0.6) is 0 Å². The van der Waals surface area contributed by atoms with Gasteiger partial charge in [0.15, 0.2) is 0 Å². The Labute approximate surface area is 134 Å². The van der Waals surface area contributed by atoms with E-state index in [0.29, 0.717) is 5.92 Å². The van der Waals surface area contributed by atoms with E-state index in [0.717, 1.165) is 44.9 Å². The van der Waals surface area contributed by atoms with Gasteiger partial charge in [0.25, 0.3) is 0 Å². The van der Waals surface area contributed by atoms with E-state index < -0.39 is 11.2 Å². The Morgan fingerprint density at radius 2 is 1.59 bits per heavy atom. The zero-order chi connectivity index (χ0) is 16.0. The molecule has 1 amide bonds. The number of nitrogens with zero attached hydrogens (tertiary/aromatic N) is 1. The van der Waals surface area contributed by atoms with E-state index in [4.69, 9.17) is 4.74 Å². The van der Waals surface area contributed by atoms with Crippen LogP contribution in [0.2, 0.25) is 0 Å². The van der Waals surface area contributed by atoms with Gasteiger partial charge in [-0.05, 0) is 71.6 Å². The van der Waals surface area contributed by atoms with Crippen LogP contribution in [0.25, 0.3) is 0 Å². The summed E-state index contributed by atoms with van der Waals surface area (Å²) in [4.78, 5) is 14.5. The molecule has 2 atom stereocenters. The maximum atomic E-state index is 12.6. The highest BCUT2D eigenvalue weighted by molar-refractivity contribution is 5.69. The monoisotopic (exact) mass is 309 g/mol. The van der Waals surface area contributed by atoms with Crippen LogP contribution in [-0.4, -0.2) is 39.4 Å². The van der Waals surface area contributed by atoms with Gasteiger partial charge in [0.05, 0.1) is 5.60 Å². The Kier molecular flexibility index (Phi) is 4.17. The second-order valence-electron chi connectivity index (χ2n) is 8.62. The average Bonchev–Trinajstić information content (AvgIpc) is 2.89. The summed E-state index contributed by atoms with van der Waals surface area (Å²) in [6.45, 7) is 5.75. The Morgan fingerprint density at radius 1 is 1.05 bits per heavy atom. The smallest absolute Gasteiger partial charge is 0.410 e. The Hall–Kier alpha value is -0.770. The number of carbonyl (C=O) groups is 1. The maximum absolute atomic E-state index is 12.6. The maximum Gasteiger partial charge on any atom is 0.410 e. The number of hydrogen-bond donors (Lipinski definition) is 1. The summed E-state index contributed by atoms with van der Waals surface area (Å²) in [6, 6.07) is 0.320. The van der Waals surface area contributed by atoms with E-state index in [9.17, 15) is 9.90 Å². The Morgan fingerprint density at radius 3 is 2.09 bits per heavy atom. The molecule has 0 aromatic carbocycles. The van der Waals surface area contributed by atoms with E-state index >= 15 is 0 Å². The third-order valence-electron chi connectivity index (χ3n) is 5.76. The molecule has 2 saturated heterocycles. The number of fused-ring (bicyclic) bond motifs is 2. The Bertz CT molecular complexity index is 409. The quantitative estimate of drug-likeness (QED) is 0.800. The van der Waals surface area contributed by atoms with Crippen LogP contribution < -0.4 is 0 Å². The molecule has 22 heavy (non-hydrogen) atoms. The van der Waals surface area contributed by atoms with E-state index in [1.165, 1.54) is 12.8 Å². The molecule has 4 nitrogen and oxygen atoms in total. The number of ether oxygens (including phenoxy) is 1. The lowest BCUT2D eigenvalue weighted by molar-refractivity contribution is -0.119. The highest BCUT2D eigenvalue weighted by Crippen LogP contribution is 2.47. The average molecular weight is 309 g/mol. The molecule has 2 heterocycles. The molecule has 1 aliphatic carbocycles. The van der Waals surface area contributed by atoms with Crippen LogP contribution in [0.1, 0.15) is 78.6 Å². The summed E-state index contributed by atoms with van der Waals surface area (Å²) in [5.74, 6) is 0.441. The minimum atomic E-state index is -0.551. The molecule has 2 unspecified atom stereocenters. The van der Waals surface area contributed by atoms with E-state index in [2.05, 4.69) is 0 Å². The van der Waals surface area contributed by atoms with Crippen LogP contribution >= 0.6 is 0 Å². The first-order valence-corrected chi connectivity index (χ1v) is 9.02. The highest BCUT2D eigenvalue weighted by Gasteiger charge is 2.51. The normalized spacial score (nSPS) is 36.5. The second-order valence-corrected chi connectivity index (χ2v) is 8.62. The largest absolute Gasteiger partial charge is 0.444 e. The van der Waals surface area contributed by atoms with E-state index in [1.54, 1.807) is 0 Å². The van der Waals surface area contributed by atoms with Crippen molar-refractivity contribution in [1.82, 2.24) is 4.90 Å². The SMILES string of the molecule is CC(C)(C)OC(=O)N1C2CCCC1CC(O)(C1CCCC1)C2. The van der Waals surface area contributed by atoms with Gasteiger partial charge in [-0.2, -0.15) is 0 Å². The predicted octanol–water partition coefficient (Wildman–Crippen LogP) is 3.86. The van der Waals surface area contributed by atoms with Crippen molar-refractivity contribution in [3.63, 3.8) is 0 Å². The molecule has 0 aromatic rings. The van der Waals surface area contributed by atoms with Gasteiger partial charge < -0.3 is 14.7 Å². The number of carbonyl (C=O) groups excluding carboxylic acids is 1. The topological polar surface area (TPSA) is 49.8 Å². The molecule has 3 rings (SSSR count). The molecular formula is C18H31NO3. The van der Waals surface area contributed by atoms with Crippen LogP contribution in [0, 0.1) is 5.92 Å². The summed E-state index contributed by atoms with van der Waals surface area (Å²) < 4.78 is 5.61. The number of amides is 1. The Balaban J connectivity index is 1.74. The van der Waals surface area contributed by atoms with Gasteiger partial charge in [0.2, 0.25) is 0 Å². The van der Waals surface area contributed by atoms with Crippen LogP contribution in [0.15, 0.2) is 0 Å². The van der Waals surface area contributed by atoms with Gasteiger partial charge >= 0.3 is 6.09 Å². The zero-order valence-electron chi connectivity index (χ0n) is 14.3. The molecule has 126 valence electrons. The fourth-order valence-corrected chi connectivity index (χ4v) is 4.87. The predicted molar refractivity (Wildman–Crippen MR) is 85.6 cm³/mol. The van der Waals surface area contributed by atoms with Crippen molar-refractivity contribution >= 4 is 6.09 Å². The van der Waals surface area contributed by atoms with Gasteiger partial charge in [0.1, 0.15) is 5.60 Å². The molecule has 2 bridgehead atoms. The third kappa shape index (κ3) is 3.12. The highest BCUT2D eigenvalue weighted by atomic mass is 16.6. The first-order valence-electron chi connectivity index (χ1n) is 9.02. The van der Waals surface area contributed by atoms with Gasteiger partial charge in [-0.15, -0.1) is 0 Å². The lowest BCUT2D eigenvalue weighted by atomic mass is 9.69. The molecule has 4 heteroatoms. The van der Waals surface area contributed by atoms with Gasteiger partial charge in [-0.1, -0.05) is 12.8 Å². The zero-order valence-corrected chi connectivity index (χ0v) is 14.3. The molecule has 0 spiro atoms. The number of hydrogen-bond acceptors (Lipinski definition) is 3. The molecular weight excluding hydrogens is 278 g/mol. The molecule has 0 aromatic heterocycles. The fourth-order valence-electron chi connectivity index (χ4n) is 4.87. The number of aliphatic hydroxyl groups is 1. The number of rotatable bonds is 1. The molecule has 0 radical (unpaired) electrons. The van der Waals surface area contributed by atoms with E-state index in [-0.39, 0.29) is 18.2 Å². The second kappa shape index (κ2) is 5.70. The summed E-state index contributed by atoms with van der Waals surface area (Å²) in [5.41, 5.74) is -1.00. The standard InChI is InChI=1S/C18H31NO3/c1-17(2,3)22-16(20)19-14-9-6-10-15(19)12-18(21,11-14)13-7-4-5-8-13/h13-15,21H,4-12H2,1-3H3. The van der Waals surface area contributed by atoms with Crippen molar-refractivity contribution in [1.29, 1.82) is 0 Å². The molecule has 3 fully saturated rings. The molecule has 3 aliphatic rings. The number of piperidine rings is 2. The summed E-state index contributed by atoms with van der Waals surface area (Å²) in [6.07, 6.45) is 9.28.